The van der Waals surface area contributed by atoms with E-state index in [1.165, 1.54) is 22.5 Å². The molecule has 3 heterocycles. The molecule has 0 radical (unpaired) electrons. The van der Waals surface area contributed by atoms with Crippen molar-refractivity contribution >= 4 is 28.8 Å². The van der Waals surface area contributed by atoms with Crippen molar-refractivity contribution in [2.75, 3.05) is 31.6 Å². The van der Waals surface area contributed by atoms with E-state index in [0.717, 1.165) is 23.7 Å². The lowest BCUT2D eigenvalue weighted by Crippen LogP contribution is -2.40. The number of likely N-dealkylation sites (tertiary alicyclic amines) is 1. The van der Waals surface area contributed by atoms with Gasteiger partial charge in [0, 0.05) is 37.7 Å². The molecule has 0 N–H and O–H groups in total. The van der Waals surface area contributed by atoms with Gasteiger partial charge in [0.2, 0.25) is 11.8 Å². The molecule has 1 aromatic carbocycles. The zero-order chi connectivity index (χ0) is 19.2. The number of fused-ring (bicyclic) bond motifs is 2. The SMILES string of the molecule is COc1cnc(CC(=O)N2C[C@]3(CCN(C(C)=O)C3)c3cc(C)ccc32)s1. The predicted molar refractivity (Wildman–Crippen MR) is 104 cm³/mol. The Bertz CT molecular complexity index is 910. The molecule has 1 saturated heterocycles. The number of benzene rings is 1. The van der Waals surface area contributed by atoms with Crippen LogP contribution in [0, 0.1) is 6.92 Å². The van der Waals surface area contributed by atoms with Crippen LogP contribution in [0.5, 0.6) is 5.06 Å². The third kappa shape index (κ3) is 3.10. The maximum absolute atomic E-state index is 13.1. The zero-order valence-electron chi connectivity index (χ0n) is 15.8. The maximum Gasteiger partial charge on any atom is 0.233 e. The van der Waals surface area contributed by atoms with Gasteiger partial charge in [-0.1, -0.05) is 29.0 Å². The van der Waals surface area contributed by atoms with Crippen molar-refractivity contribution in [2.24, 2.45) is 0 Å². The number of carbonyl (C=O) groups excluding carboxylic acids is 2. The predicted octanol–water partition coefficient (Wildman–Crippen LogP) is 2.54. The molecular formula is C20H23N3O3S. The van der Waals surface area contributed by atoms with E-state index in [1.54, 1.807) is 20.2 Å². The van der Waals surface area contributed by atoms with Gasteiger partial charge < -0.3 is 14.5 Å². The van der Waals surface area contributed by atoms with Gasteiger partial charge in [0.05, 0.1) is 19.7 Å². The fraction of sp³-hybridized carbons (Fsp3) is 0.450. The number of hydrogen-bond donors (Lipinski definition) is 0. The summed E-state index contributed by atoms with van der Waals surface area (Å²) in [6, 6.07) is 6.26. The van der Waals surface area contributed by atoms with E-state index in [0.29, 0.717) is 18.2 Å². The third-order valence-electron chi connectivity index (χ3n) is 5.61. The van der Waals surface area contributed by atoms with Crippen LogP contribution in [0.4, 0.5) is 5.69 Å². The summed E-state index contributed by atoms with van der Waals surface area (Å²) in [6.07, 6.45) is 2.80. The number of amides is 2. The lowest BCUT2D eigenvalue weighted by atomic mass is 9.81. The van der Waals surface area contributed by atoms with Crippen LogP contribution in [0.25, 0.3) is 0 Å². The largest absolute Gasteiger partial charge is 0.486 e. The fourth-order valence-electron chi connectivity index (χ4n) is 4.19. The summed E-state index contributed by atoms with van der Waals surface area (Å²) in [6.45, 7) is 5.72. The molecule has 142 valence electrons. The average Bonchev–Trinajstić information content (AvgIpc) is 3.34. The number of aromatic nitrogens is 1. The van der Waals surface area contributed by atoms with E-state index in [2.05, 4.69) is 18.0 Å². The summed E-state index contributed by atoms with van der Waals surface area (Å²) < 4.78 is 5.18. The Balaban J connectivity index is 1.63. The van der Waals surface area contributed by atoms with Crippen molar-refractivity contribution in [1.29, 1.82) is 0 Å². The molecule has 6 nitrogen and oxygen atoms in total. The van der Waals surface area contributed by atoms with Crippen molar-refractivity contribution in [3.05, 3.63) is 40.5 Å². The van der Waals surface area contributed by atoms with Gasteiger partial charge in [-0.3, -0.25) is 9.59 Å². The molecule has 2 aromatic rings. The second-order valence-electron chi connectivity index (χ2n) is 7.43. The lowest BCUT2D eigenvalue weighted by Gasteiger charge is -2.25. The van der Waals surface area contributed by atoms with Gasteiger partial charge >= 0.3 is 0 Å². The van der Waals surface area contributed by atoms with Crippen LogP contribution < -0.4 is 9.64 Å². The molecule has 27 heavy (non-hydrogen) atoms. The minimum Gasteiger partial charge on any atom is -0.486 e. The Kier molecular flexibility index (Phi) is 4.42. The molecular weight excluding hydrogens is 362 g/mol. The molecule has 0 aliphatic carbocycles. The third-order valence-corrected chi connectivity index (χ3v) is 6.57. The monoisotopic (exact) mass is 385 g/mol. The van der Waals surface area contributed by atoms with Crippen molar-refractivity contribution in [2.45, 2.75) is 32.1 Å². The Morgan fingerprint density at radius 3 is 2.81 bits per heavy atom. The highest BCUT2D eigenvalue weighted by Crippen LogP contribution is 2.47. The quantitative estimate of drug-likeness (QED) is 0.815. The number of thiazole rings is 1. The highest BCUT2D eigenvalue weighted by atomic mass is 32.1. The minimum atomic E-state index is -0.163. The van der Waals surface area contributed by atoms with E-state index in [9.17, 15) is 9.59 Å². The molecule has 1 atom stereocenters. The van der Waals surface area contributed by atoms with Gasteiger partial charge in [-0.15, -0.1) is 0 Å². The fourth-order valence-corrected chi connectivity index (χ4v) is 4.91. The number of hydrogen-bond acceptors (Lipinski definition) is 5. The van der Waals surface area contributed by atoms with Crippen LogP contribution in [0.3, 0.4) is 0 Å². The van der Waals surface area contributed by atoms with E-state index in [4.69, 9.17) is 4.74 Å². The first-order chi connectivity index (χ1) is 12.9. The molecule has 0 bridgehead atoms. The smallest absolute Gasteiger partial charge is 0.233 e. The highest BCUT2D eigenvalue weighted by molar-refractivity contribution is 7.13. The Labute approximate surface area is 162 Å². The summed E-state index contributed by atoms with van der Waals surface area (Å²) in [5, 5.41) is 1.46. The number of aryl methyl sites for hydroxylation is 1. The molecule has 2 aliphatic heterocycles. The molecule has 1 spiro atoms. The first-order valence-corrected chi connectivity index (χ1v) is 9.89. The van der Waals surface area contributed by atoms with Crippen LogP contribution >= 0.6 is 11.3 Å². The van der Waals surface area contributed by atoms with Crippen LogP contribution in [-0.2, 0) is 21.4 Å². The van der Waals surface area contributed by atoms with Crippen LogP contribution in [0.1, 0.15) is 29.5 Å². The number of nitrogens with zero attached hydrogens (tertiary/aromatic N) is 3. The van der Waals surface area contributed by atoms with Gasteiger partial charge in [-0.25, -0.2) is 4.98 Å². The van der Waals surface area contributed by atoms with Crippen molar-refractivity contribution in [1.82, 2.24) is 9.88 Å². The van der Waals surface area contributed by atoms with E-state index < -0.39 is 0 Å². The van der Waals surface area contributed by atoms with Crippen molar-refractivity contribution < 1.29 is 14.3 Å². The van der Waals surface area contributed by atoms with Crippen molar-refractivity contribution in [3.8, 4) is 5.06 Å². The summed E-state index contributed by atoms with van der Waals surface area (Å²) in [5.41, 5.74) is 3.17. The second kappa shape index (κ2) is 6.64. The minimum absolute atomic E-state index is 0.0373. The molecule has 2 amide bonds. The number of methoxy groups -OCH3 is 1. The second-order valence-corrected chi connectivity index (χ2v) is 8.50. The Morgan fingerprint density at radius 1 is 1.33 bits per heavy atom. The Morgan fingerprint density at radius 2 is 2.15 bits per heavy atom. The van der Waals surface area contributed by atoms with E-state index in [-0.39, 0.29) is 23.7 Å². The maximum atomic E-state index is 13.1. The van der Waals surface area contributed by atoms with E-state index in [1.807, 2.05) is 21.9 Å². The molecule has 0 unspecified atom stereocenters. The first kappa shape index (κ1) is 18.0. The van der Waals surface area contributed by atoms with Gasteiger partial charge in [0.1, 0.15) is 5.01 Å². The number of anilines is 1. The highest BCUT2D eigenvalue weighted by Gasteiger charge is 2.49. The molecule has 4 rings (SSSR count). The molecule has 7 heteroatoms. The van der Waals surface area contributed by atoms with Crippen LogP contribution in [0.15, 0.2) is 24.4 Å². The Hall–Kier alpha value is -2.41. The van der Waals surface area contributed by atoms with Gasteiger partial charge in [0.15, 0.2) is 5.06 Å². The number of carbonyl (C=O) groups is 2. The molecule has 1 fully saturated rings. The van der Waals surface area contributed by atoms with Crippen molar-refractivity contribution in [3.63, 3.8) is 0 Å². The van der Waals surface area contributed by atoms with Gasteiger partial charge in [0.25, 0.3) is 0 Å². The lowest BCUT2D eigenvalue weighted by molar-refractivity contribution is -0.127. The summed E-state index contributed by atoms with van der Waals surface area (Å²) in [4.78, 5) is 33.0. The van der Waals surface area contributed by atoms with Gasteiger partial charge in [-0.2, -0.15) is 0 Å². The first-order valence-electron chi connectivity index (χ1n) is 9.07. The van der Waals surface area contributed by atoms with Gasteiger partial charge in [-0.05, 0) is 25.0 Å². The number of rotatable bonds is 3. The van der Waals surface area contributed by atoms with E-state index >= 15 is 0 Å². The topological polar surface area (TPSA) is 62.7 Å². The van der Waals surface area contributed by atoms with Crippen LogP contribution in [-0.4, -0.2) is 48.4 Å². The molecule has 1 aromatic heterocycles. The molecule has 0 saturated carbocycles. The summed E-state index contributed by atoms with van der Waals surface area (Å²) >= 11 is 1.40. The van der Waals surface area contributed by atoms with Crippen LogP contribution in [0.2, 0.25) is 0 Å². The normalized spacial score (nSPS) is 21.0. The summed E-state index contributed by atoms with van der Waals surface area (Å²) in [7, 11) is 1.60. The standard InChI is InChI=1S/C20H23N3O3S/c1-13-4-5-16-15(8-13)20(6-7-22(11-20)14(2)24)12-23(16)18(25)9-17-21-10-19(26-3)27-17/h4-5,8,10H,6-7,9,11-12H2,1-3H3/t20-/m1/s1. The summed E-state index contributed by atoms with van der Waals surface area (Å²) in [5.74, 6) is 0.135. The molecule has 2 aliphatic rings. The number of ether oxygens (including phenoxy) is 1. The average molecular weight is 385 g/mol. The zero-order valence-corrected chi connectivity index (χ0v) is 16.6.